The number of nitrogens with one attached hydrogen (secondary N) is 2. The van der Waals surface area contributed by atoms with Crippen molar-refractivity contribution in [2.45, 2.75) is 43.0 Å². The maximum absolute atomic E-state index is 12.7. The van der Waals surface area contributed by atoms with E-state index in [1.54, 1.807) is 13.0 Å². The van der Waals surface area contributed by atoms with Crippen LogP contribution in [0.25, 0.3) is 11.1 Å². The van der Waals surface area contributed by atoms with E-state index in [0.29, 0.717) is 33.5 Å². The molecular formula is C30H28N8O3S2. The third kappa shape index (κ3) is 7.46. The molecule has 0 unspecified atom stereocenters. The Bertz CT molecular complexity index is 1840. The number of benzene rings is 2. The van der Waals surface area contributed by atoms with Crippen molar-refractivity contribution in [3.8, 4) is 23.3 Å². The monoisotopic (exact) mass is 612 g/mol. The van der Waals surface area contributed by atoms with E-state index in [2.05, 4.69) is 51.0 Å². The van der Waals surface area contributed by atoms with Gasteiger partial charge in [0.2, 0.25) is 11.9 Å². The summed E-state index contributed by atoms with van der Waals surface area (Å²) in [7, 11) is -3.92. The van der Waals surface area contributed by atoms with Crippen molar-refractivity contribution >= 4 is 45.1 Å². The number of hydrogen-bond donors (Lipinski definition) is 3. The van der Waals surface area contributed by atoms with Crippen LogP contribution < -0.4 is 15.8 Å². The summed E-state index contributed by atoms with van der Waals surface area (Å²) in [5.41, 5.74) is 9.69. The molecule has 0 aliphatic carbocycles. The third-order valence-corrected chi connectivity index (χ3v) is 8.64. The van der Waals surface area contributed by atoms with Crippen LogP contribution in [0.2, 0.25) is 0 Å². The number of amides is 1. The fraction of sp³-hybridized carbons (Fsp3) is 0.200. The number of sulfonamides is 1. The highest BCUT2D eigenvalue weighted by Crippen LogP contribution is 2.36. The van der Waals surface area contributed by atoms with E-state index in [4.69, 9.17) is 5.73 Å². The summed E-state index contributed by atoms with van der Waals surface area (Å²) in [6.45, 7) is 5.87. The second-order valence-electron chi connectivity index (χ2n) is 9.73. The maximum atomic E-state index is 12.7. The van der Waals surface area contributed by atoms with Crippen molar-refractivity contribution in [1.29, 1.82) is 10.5 Å². The summed E-state index contributed by atoms with van der Waals surface area (Å²) >= 11 is 1.19. The van der Waals surface area contributed by atoms with E-state index in [1.165, 1.54) is 42.2 Å². The first-order valence-electron chi connectivity index (χ1n) is 13.1. The predicted molar refractivity (Wildman–Crippen MR) is 166 cm³/mol. The highest BCUT2D eigenvalue weighted by molar-refractivity contribution is 7.99. The fourth-order valence-corrected chi connectivity index (χ4v) is 5.97. The largest absolute Gasteiger partial charge is 0.383 e. The lowest BCUT2D eigenvalue weighted by Gasteiger charge is -2.14. The van der Waals surface area contributed by atoms with Gasteiger partial charge in [0.05, 0.1) is 10.5 Å². The third-order valence-electron chi connectivity index (χ3n) is 6.32. The first kappa shape index (κ1) is 31.0. The standard InChI is InChI=1S/C30H28N8O3S2/c1-18(2)20-4-6-21(7-5-20)27-24(16-31)28(33)37-29(25(27)17-32)42-15-13-26(39)36-22-8-10-23(11-9-22)43(40,41)38-30-34-14-12-19(3)35-30/h4-12,14,18H,13,15H2,1-3H3,(H2,33,37)(H,36,39)(H,34,35,38). The molecule has 0 saturated carbocycles. The summed E-state index contributed by atoms with van der Waals surface area (Å²) in [6.07, 6.45) is 1.52. The van der Waals surface area contributed by atoms with Crippen molar-refractivity contribution in [2.75, 3.05) is 21.5 Å². The molecule has 0 fully saturated rings. The van der Waals surface area contributed by atoms with Gasteiger partial charge >= 0.3 is 0 Å². The number of nitrogens with two attached hydrogens (primary N) is 1. The van der Waals surface area contributed by atoms with Crippen molar-refractivity contribution < 1.29 is 13.2 Å². The van der Waals surface area contributed by atoms with E-state index in [0.717, 1.165) is 5.56 Å². The molecule has 4 N–H and O–H groups in total. The number of aromatic nitrogens is 3. The van der Waals surface area contributed by atoms with Crippen LogP contribution in [0.4, 0.5) is 17.5 Å². The second-order valence-corrected chi connectivity index (χ2v) is 12.5. The van der Waals surface area contributed by atoms with Gasteiger partial charge in [-0.25, -0.2) is 28.1 Å². The Kier molecular flexibility index (Phi) is 9.60. The lowest BCUT2D eigenvalue weighted by atomic mass is 9.94. The number of hydrogen-bond acceptors (Lipinski definition) is 10. The van der Waals surface area contributed by atoms with Gasteiger partial charge in [0, 0.05) is 35.3 Å². The minimum absolute atomic E-state index is 0.00915. The molecule has 0 saturated heterocycles. The first-order chi connectivity index (χ1) is 20.5. The van der Waals surface area contributed by atoms with Crippen molar-refractivity contribution in [1.82, 2.24) is 15.0 Å². The molecule has 0 aliphatic rings. The van der Waals surface area contributed by atoms with Gasteiger partial charge in [0.1, 0.15) is 28.5 Å². The normalized spacial score (nSPS) is 11.0. The number of carbonyl (C=O) groups excluding carboxylic acids is 1. The van der Waals surface area contributed by atoms with Crippen LogP contribution in [0, 0.1) is 29.6 Å². The number of aryl methyl sites for hydroxylation is 1. The summed E-state index contributed by atoms with van der Waals surface area (Å²) in [6, 6.07) is 19.2. The predicted octanol–water partition coefficient (Wildman–Crippen LogP) is 5.22. The van der Waals surface area contributed by atoms with Gasteiger partial charge in [-0.3, -0.25) is 4.79 Å². The average Bonchev–Trinajstić information content (AvgIpc) is 2.97. The molecule has 218 valence electrons. The number of carbonyl (C=O) groups is 1. The minimum atomic E-state index is -3.92. The van der Waals surface area contributed by atoms with Crippen LogP contribution in [-0.2, 0) is 14.8 Å². The number of anilines is 3. The van der Waals surface area contributed by atoms with Crippen LogP contribution in [0.5, 0.6) is 0 Å². The Hall–Kier alpha value is -4.98. The molecule has 11 nitrogen and oxygen atoms in total. The van der Waals surface area contributed by atoms with Gasteiger partial charge in [-0.15, -0.1) is 11.8 Å². The Morgan fingerprint density at radius 1 is 1.00 bits per heavy atom. The molecule has 4 rings (SSSR count). The molecule has 13 heteroatoms. The van der Waals surface area contributed by atoms with Crippen LogP contribution in [-0.4, -0.2) is 35.0 Å². The van der Waals surface area contributed by atoms with Crippen LogP contribution in [0.15, 0.2) is 70.7 Å². The lowest BCUT2D eigenvalue weighted by Crippen LogP contribution is -2.16. The van der Waals surface area contributed by atoms with E-state index >= 15 is 0 Å². The SMILES string of the molecule is Cc1ccnc(NS(=O)(=O)c2ccc(NC(=O)CCSc3nc(N)c(C#N)c(-c4ccc(C(C)C)cc4)c3C#N)cc2)n1. The minimum Gasteiger partial charge on any atom is -0.383 e. The Balaban J connectivity index is 1.42. The van der Waals surface area contributed by atoms with E-state index < -0.39 is 10.0 Å². The average molecular weight is 613 g/mol. The van der Waals surface area contributed by atoms with Crippen molar-refractivity contribution in [3.63, 3.8) is 0 Å². The first-order valence-corrected chi connectivity index (χ1v) is 15.6. The van der Waals surface area contributed by atoms with Crippen molar-refractivity contribution in [2.24, 2.45) is 0 Å². The number of nitriles is 2. The number of thioether (sulfide) groups is 1. The molecule has 0 radical (unpaired) electrons. The molecular weight excluding hydrogens is 585 g/mol. The second kappa shape index (κ2) is 13.3. The van der Waals surface area contributed by atoms with Gasteiger partial charge in [-0.1, -0.05) is 38.1 Å². The molecule has 0 spiro atoms. The van der Waals surface area contributed by atoms with Crippen LogP contribution >= 0.6 is 11.8 Å². The molecule has 4 aromatic rings. The molecule has 1 amide bonds. The zero-order valence-electron chi connectivity index (χ0n) is 23.6. The number of nitrogen functional groups attached to an aromatic ring is 1. The maximum Gasteiger partial charge on any atom is 0.264 e. The lowest BCUT2D eigenvalue weighted by molar-refractivity contribution is -0.115. The van der Waals surface area contributed by atoms with E-state index in [1.807, 2.05) is 24.3 Å². The topological polar surface area (TPSA) is 188 Å². The molecule has 0 atom stereocenters. The summed E-state index contributed by atoms with van der Waals surface area (Å²) in [5, 5.41) is 22.8. The highest BCUT2D eigenvalue weighted by Gasteiger charge is 2.21. The van der Waals surface area contributed by atoms with Crippen LogP contribution in [0.3, 0.4) is 0 Å². The number of nitrogens with zero attached hydrogens (tertiary/aromatic N) is 5. The Labute approximate surface area is 254 Å². The van der Waals surface area contributed by atoms with E-state index in [9.17, 15) is 23.7 Å². The van der Waals surface area contributed by atoms with Gasteiger partial charge < -0.3 is 11.1 Å². The van der Waals surface area contributed by atoms with Gasteiger partial charge in [-0.2, -0.15) is 10.5 Å². The summed E-state index contributed by atoms with van der Waals surface area (Å²) in [4.78, 5) is 24.8. The quantitative estimate of drug-likeness (QED) is 0.200. The zero-order valence-corrected chi connectivity index (χ0v) is 25.3. The fourth-order valence-electron chi connectivity index (χ4n) is 4.08. The smallest absolute Gasteiger partial charge is 0.264 e. The number of pyridine rings is 1. The van der Waals surface area contributed by atoms with E-state index in [-0.39, 0.29) is 45.9 Å². The van der Waals surface area contributed by atoms with Gasteiger partial charge in [-0.05, 0) is 54.3 Å². The van der Waals surface area contributed by atoms with Gasteiger partial charge in [0.25, 0.3) is 10.0 Å². The summed E-state index contributed by atoms with van der Waals surface area (Å²) < 4.78 is 27.6. The molecule has 2 heterocycles. The Morgan fingerprint density at radius 3 is 2.28 bits per heavy atom. The van der Waals surface area contributed by atoms with Crippen LogP contribution in [0.1, 0.15) is 48.6 Å². The highest BCUT2D eigenvalue weighted by atomic mass is 32.2. The molecule has 2 aromatic heterocycles. The number of rotatable bonds is 10. The molecule has 43 heavy (non-hydrogen) atoms. The van der Waals surface area contributed by atoms with Gasteiger partial charge in [0.15, 0.2) is 0 Å². The van der Waals surface area contributed by atoms with Crippen molar-refractivity contribution in [3.05, 3.63) is 83.2 Å². The zero-order chi connectivity index (χ0) is 31.1. The molecule has 0 aliphatic heterocycles. The molecule has 0 bridgehead atoms. The Morgan fingerprint density at radius 2 is 1.67 bits per heavy atom. The molecule has 2 aromatic carbocycles. The summed E-state index contributed by atoms with van der Waals surface area (Å²) in [5.74, 6) is 0.247.